The maximum Gasteiger partial charge on any atom is 0.250 e. The van der Waals surface area contributed by atoms with Crippen LogP contribution in [0.25, 0.3) is 0 Å². The SMILES string of the molecule is COCC(=O)Nc1cccc(NC(=O)C(C)C)c1. The van der Waals surface area contributed by atoms with Crippen molar-refractivity contribution in [2.24, 2.45) is 5.92 Å². The maximum absolute atomic E-state index is 11.5. The second kappa shape index (κ2) is 6.76. The number of amides is 2. The van der Waals surface area contributed by atoms with Gasteiger partial charge in [0.15, 0.2) is 0 Å². The minimum Gasteiger partial charge on any atom is -0.375 e. The van der Waals surface area contributed by atoms with Gasteiger partial charge in [-0.1, -0.05) is 19.9 Å². The first-order chi connectivity index (χ1) is 8.52. The van der Waals surface area contributed by atoms with Crippen molar-refractivity contribution >= 4 is 23.2 Å². The molecule has 0 aliphatic heterocycles. The van der Waals surface area contributed by atoms with Crippen molar-refractivity contribution in [1.82, 2.24) is 0 Å². The van der Waals surface area contributed by atoms with Crippen molar-refractivity contribution in [3.05, 3.63) is 24.3 Å². The van der Waals surface area contributed by atoms with Crippen molar-refractivity contribution in [2.45, 2.75) is 13.8 Å². The number of rotatable bonds is 5. The zero-order chi connectivity index (χ0) is 13.5. The van der Waals surface area contributed by atoms with E-state index in [0.29, 0.717) is 11.4 Å². The van der Waals surface area contributed by atoms with Gasteiger partial charge < -0.3 is 15.4 Å². The van der Waals surface area contributed by atoms with Crippen LogP contribution in [0.2, 0.25) is 0 Å². The van der Waals surface area contributed by atoms with E-state index < -0.39 is 0 Å². The first-order valence-corrected chi connectivity index (χ1v) is 5.72. The molecule has 0 unspecified atom stereocenters. The summed E-state index contributed by atoms with van der Waals surface area (Å²) in [4.78, 5) is 22.9. The number of ether oxygens (including phenoxy) is 1. The van der Waals surface area contributed by atoms with Gasteiger partial charge in [-0.05, 0) is 18.2 Å². The molecule has 0 bridgehead atoms. The van der Waals surface area contributed by atoms with Crippen LogP contribution in [0.15, 0.2) is 24.3 Å². The second-order valence-electron chi connectivity index (χ2n) is 4.21. The Morgan fingerprint density at radius 2 is 1.83 bits per heavy atom. The lowest BCUT2D eigenvalue weighted by Crippen LogP contribution is -2.19. The lowest BCUT2D eigenvalue weighted by Gasteiger charge is -2.10. The van der Waals surface area contributed by atoms with E-state index in [4.69, 9.17) is 4.74 Å². The molecule has 1 rings (SSSR count). The summed E-state index contributed by atoms with van der Waals surface area (Å²) in [5.74, 6) is -0.378. The smallest absolute Gasteiger partial charge is 0.250 e. The monoisotopic (exact) mass is 250 g/mol. The Morgan fingerprint density at radius 1 is 1.22 bits per heavy atom. The summed E-state index contributed by atoms with van der Waals surface area (Å²) in [7, 11) is 1.46. The molecule has 98 valence electrons. The Morgan fingerprint density at radius 3 is 2.39 bits per heavy atom. The van der Waals surface area contributed by atoms with Crippen LogP contribution in [-0.2, 0) is 14.3 Å². The van der Waals surface area contributed by atoms with E-state index in [9.17, 15) is 9.59 Å². The highest BCUT2D eigenvalue weighted by Crippen LogP contribution is 2.15. The van der Waals surface area contributed by atoms with Crippen molar-refractivity contribution < 1.29 is 14.3 Å². The fraction of sp³-hybridized carbons (Fsp3) is 0.385. The number of hydrogen-bond donors (Lipinski definition) is 2. The van der Waals surface area contributed by atoms with Crippen LogP contribution in [-0.4, -0.2) is 25.5 Å². The summed E-state index contributed by atoms with van der Waals surface area (Å²) in [5.41, 5.74) is 1.28. The Balaban J connectivity index is 2.67. The second-order valence-corrected chi connectivity index (χ2v) is 4.21. The summed E-state index contributed by atoms with van der Waals surface area (Å²) in [6, 6.07) is 6.98. The van der Waals surface area contributed by atoms with Gasteiger partial charge in [0.1, 0.15) is 6.61 Å². The summed E-state index contributed by atoms with van der Waals surface area (Å²) in [6.07, 6.45) is 0. The molecule has 0 saturated carbocycles. The average molecular weight is 250 g/mol. The highest BCUT2D eigenvalue weighted by molar-refractivity contribution is 5.95. The molecule has 5 heteroatoms. The number of carbonyl (C=O) groups excluding carboxylic acids is 2. The molecule has 1 aromatic rings. The van der Waals surface area contributed by atoms with Gasteiger partial charge >= 0.3 is 0 Å². The molecule has 2 N–H and O–H groups in total. The lowest BCUT2D eigenvalue weighted by atomic mass is 10.2. The van der Waals surface area contributed by atoms with Crippen molar-refractivity contribution in [1.29, 1.82) is 0 Å². The van der Waals surface area contributed by atoms with Gasteiger partial charge in [-0.2, -0.15) is 0 Å². The predicted molar refractivity (Wildman–Crippen MR) is 70.4 cm³/mol. The Labute approximate surface area is 107 Å². The molecule has 0 heterocycles. The van der Waals surface area contributed by atoms with E-state index in [1.165, 1.54) is 7.11 Å². The average Bonchev–Trinajstić information content (AvgIpc) is 2.29. The van der Waals surface area contributed by atoms with E-state index in [2.05, 4.69) is 10.6 Å². The standard InChI is InChI=1S/C13H18N2O3/c1-9(2)13(17)15-11-6-4-5-10(7-11)14-12(16)8-18-3/h4-7,9H,8H2,1-3H3,(H,14,16)(H,15,17). The Kier molecular flexibility index (Phi) is 5.32. The summed E-state index contributed by atoms with van der Waals surface area (Å²) in [6.45, 7) is 3.64. The fourth-order valence-electron chi connectivity index (χ4n) is 1.29. The third-order valence-corrected chi connectivity index (χ3v) is 2.21. The zero-order valence-electron chi connectivity index (χ0n) is 10.8. The first kappa shape index (κ1) is 14.2. The molecule has 0 aliphatic rings. The largest absolute Gasteiger partial charge is 0.375 e. The van der Waals surface area contributed by atoms with Crippen LogP contribution in [0.1, 0.15) is 13.8 Å². The van der Waals surface area contributed by atoms with Gasteiger partial charge in [0.25, 0.3) is 0 Å². The van der Waals surface area contributed by atoms with Crippen molar-refractivity contribution in [2.75, 3.05) is 24.4 Å². The van der Waals surface area contributed by atoms with E-state index in [1.54, 1.807) is 24.3 Å². The lowest BCUT2D eigenvalue weighted by molar-refractivity contribution is -0.120. The van der Waals surface area contributed by atoms with Gasteiger partial charge in [0, 0.05) is 24.4 Å². The fourth-order valence-corrected chi connectivity index (χ4v) is 1.29. The molecule has 0 spiro atoms. The van der Waals surface area contributed by atoms with Gasteiger partial charge in [-0.15, -0.1) is 0 Å². The third kappa shape index (κ3) is 4.55. The van der Waals surface area contributed by atoms with Crippen LogP contribution in [0.4, 0.5) is 11.4 Å². The Bertz CT molecular complexity index is 430. The first-order valence-electron chi connectivity index (χ1n) is 5.72. The van der Waals surface area contributed by atoms with Gasteiger partial charge in [0.05, 0.1) is 0 Å². The van der Waals surface area contributed by atoms with E-state index in [-0.39, 0.29) is 24.3 Å². The Hall–Kier alpha value is -1.88. The minimum absolute atomic E-state index is 0.00256. The quantitative estimate of drug-likeness (QED) is 0.838. The van der Waals surface area contributed by atoms with Crippen LogP contribution < -0.4 is 10.6 Å². The number of methoxy groups -OCH3 is 1. The predicted octanol–water partition coefficient (Wildman–Crippen LogP) is 1.87. The van der Waals surface area contributed by atoms with Crippen molar-refractivity contribution in [3.63, 3.8) is 0 Å². The number of anilines is 2. The molecule has 1 aromatic carbocycles. The van der Waals surface area contributed by atoms with Crippen LogP contribution in [0.5, 0.6) is 0 Å². The molecular weight excluding hydrogens is 232 g/mol. The number of hydrogen-bond acceptors (Lipinski definition) is 3. The van der Waals surface area contributed by atoms with E-state index >= 15 is 0 Å². The third-order valence-electron chi connectivity index (χ3n) is 2.21. The number of nitrogens with one attached hydrogen (secondary N) is 2. The highest BCUT2D eigenvalue weighted by Gasteiger charge is 2.07. The molecule has 0 aliphatic carbocycles. The van der Waals surface area contributed by atoms with E-state index in [0.717, 1.165) is 0 Å². The van der Waals surface area contributed by atoms with Crippen LogP contribution >= 0.6 is 0 Å². The molecule has 5 nitrogen and oxygen atoms in total. The van der Waals surface area contributed by atoms with Gasteiger partial charge in [-0.25, -0.2) is 0 Å². The van der Waals surface area contributed by atoms with Crippen molar-refractivity contribution in [3.8, 4) is 0 Å². The molecule has 0 fully saturated rings. The normalized spacial score (nSPS) is 10.2. The zero-order valence-corrected chi connectivity index (χ0v) is 10.8. The maximum atomic E-state index is 11.5. The molecule has 0 aromatic heterocycles. The summed E-state index contributed by atoms with van der Waals surface area (Å²) < 4.78 is 4.72. The molecule has 2 amide bonds. The minimum atomic E-state index is -0.232. The molecule has 0 atom stereocenters. The topological polar surface area (TPSA) is 67.4 Å². The van der Waals surface area contributed by atoms with Crippen LogP contribution in [0, 0.1) is 5.92 Å². The van der Waals surface area contributed by atoms with Gasteiger partial charge in [-0.3, -0.25) is 9.59 Å². The summed E-state index contributed by atoms with van der Waals surface area (Å²) >= 11 is 0. The van der Waals surface area contributed by atoms with Crippen LogP contribution in [0.3, 0.4) is 0 Å². The molecule has 18 heavy (non-hydrogen) atoms. The van der Waals surface area contributed by atoms with E-state index in [1.807, 2.05) is 13.8 Å². The highest BCUT2D eigenvalue weighted by atomic mass is 16.5. The number of carbonyl (C=O) groups is 2. The number of benzene rings is 1. The van der Waals surface area contributed by atoms with Gasteiger partial charge in [0.2, 0.25) is 11.8 Å². The molecule has 0 saturated heterocycles. The molecular formula is C13H18N2O3. The molecule has 0 radical (unpaired) electrons. The summed E-state index contributed by atoms with van der Waals surface area (Å²) in [5, 5.41) is 5.44.